The molecule has 0 unspecified atom stereocenters. The predicted octanol–water partition coefficient (Wildman–Crippen LogP) is 3.53. The molecule has 0 amide bonds. The van der Waals surface area contributed by atoms with Crippen molar-refractivity contribution in [1.29, 1.82) is 0 Å². The minimum Gasteiger partial charge on any atom is -0.368 e. The van der Waals surface area contributed by atoms with Gasteiger partial charge in [-0.3, -0.25) is 0 Å². The van der Waals surface area contributed by atoms with E-state index in [2.05, 4.69) is 15.0 Å². The van der Waals surface area contributed by atoms with E-state index in [4.69, 9.17) is 5.73 Å². The number of hydrogen-bond donors (Lipinski definition) is 1. The maximum absolute atomic E-state index is 13.0. The van der Waals surface area contributed by atoms with E-state index in [-0.39, 0.29) is 11.8 Å². The molecule has 0 spiro atoms. The number of nitrogens with zero attached hydrogens (tertiary/aromatic N) is 3. The van der Waals surface area contributed by atoms with Crippen LogP contribution in [0.3, 0.4) is 0 Å². The number of hydrogen-bond acceptors (Lipinski definition) is 5. The van der Waals surface area contributed by atoms with Crippen LogP contribution in [0.25, 0.3) is 22.3 Å². The Kier molecular flexibility index (Phi) is 3.70. The third kappa shape index (κ3) is 2.80. The predicted molar refractivity (Wildman–Crippen MR) is 83.5 cm³/mol. The Morgan fingerprint density at radius 2 is 1.81 bits per heavy atom. The second-order valence-electron chi connectivity index (χ2n) is 4.39. The van der Waals surface area contributed by atoms with Gasteiger partial charge in [0.2, 0.25) is 5.95 Å². The van der Waals surface area contributed by atoms with Gasteiger partial charge < -0.3 is 5.73 Å². The highest BCUT2D eigenvalue weighted by molar-refractivity contribution is 7.99. The summed E-state index contributed by atoms with van der Waals surface area (Å²) < 4.78 is 13.0. The van der Waals surface area contributed by atoms with Gasteiger partial charge in [0.05, 0.1) is 11.2 Å². The molecule has 1 aromatic carbocycles. The van der Waals surface area contributed by atoms with Crippen LogP contribution in [0.4, 0.5) is 10.3 Å². The summed E-state index contributed by atoms with van der Waals surface area (Å²) in [5, 5.41) is 0.768. The SMILES string of the molecule is CCSc1nc(N)nc2ccc(-c3ccc(F)cc3)nc12. The Morgan fingerprint density at radius 3 is 2.52 bits per heavy atom. The second kappa shape index (κ2) is 5.65. The van der Waals surface area contributed by atoms with Gasteiger partial charge in [0, 0.05) is 5.56 Å². The fourth-order valence-corrected chi connectivity index (χ4v) is 2.74. The topological polar surface area (TPSA) is 64.7 Å². The van der Waals surface area contributed by atoms with E-state index in [1.165, 1.54) is 12.1 Å². The number of anilines is 1. The molecule has 2 aromatic heterocycles. The van der Waals surface area contributed by atoms with Gasteiger partial charge in [-0.05, 0) is 42.2 Å². The maximum atomic E-state index is 13.0. The van der Waals surface area contributed by atoms with Gasteiger partial charge in [-0.25, -0.2) is 19.3 Å². The third-order valence-corrected chi connectivity index (χ3v) is 3.80. The first-order chi connectivity index (χ1) is 10.2. The van der Waals surface area contributed by atoms with Crippen LogP contribution in [0.2, 0.25) is 0 Å². The van der Waals surface area contributed by atoms with Crippen LogP contribution >= 0.6 is 11.8 Å². The summed E-state index contributed by atoms with van der Waals surface area (Å²) in [7, 11) is 0. The number of thioether (sulfide) groups is 1. The molecule has 0 saturated carbocycles. The number of nitrogen functional groups attached to an aromatic ring is 1. The zero-order chi connectivity index (χ0) is 14.8. The maximum Gasteiger partial charge on any atom is 0.221 e. The number of benzene rings is 1. The van der Waals surface area contributed by atoms with Gasteiger partial charge in [-0.2, -0.15) is 0 Å². The Morgan fingerprint density at radius 1 is 1.05 bits per heavy atom. The number of aromatic nitrogens is 3. The first-order valence-corrected chi connectivity index (χ1v) is 7.49. The van der Waals surface area contributed by atoms with Gasteiger partial charge in [0.25, 0.3) is 0 Å². The van der Waals surface area contributed by atoms with Crippen LogP contribution in [-0.4, -0.2) is 20.7 Å². The average Bonchev–Trinajstić information content (AvgIpc) is 2.48. The quantitative estimate of drug-likeness (QED) is 0.592. The summed E-state index contributed by atoms with van der Waals surface area (Å²) >= 11 is 1.57. The molecule has 3 aromatic rings. The molecular formula is C15H13FN4S. The first kappa shape index (κ1) is 13.8. The second-order valence-corrected chi connectivity index (χ2v) is 5.64. The summed E-state index contributed by atoms with van der Waals surface area (Å²) in [6, 6.07) is 9.95. The number of fused-ring (bicyclic) bond motifs is 1. The molecule has 0 bridgehead atoms. The van der Waals surface area contributed by atoms with Crippen LogP contribution < -0.4 is 5.73 Å². The smallest absolute Gasteiger partial charge is 0.221 e. The molecule has 4 nitrogen and oxygen atoms in total. The van der Waals surface area contributed by atoms with Crippen molar-refractivity contribution in [2.45, 2.75) is 11.9 Å². The van der Waals surface area contributed by atoms with Gasteiger partial charge in [-0.1, -0.05) is 6.92 Å². The summed E-state index contributed by atoms with van der Waals surface area (Å²) in [5.41, 5.74) is 8.76. The zero-order valence-electron chi connectivity index (χ0n) is 11.4. The van der Waals surface area contributed by atoms with Gasteiger partial charge in [0.15, 0.2) is 0 Å². The Balaban J connectivity index is 2.16. The lowest BCUT2D eigenvalue weighted by atomic mass is 10.1. The minimum absolute atomic E-state index is 0.245. The van der Waals surface area contributed by atoms with Crippen molar-refractivity contribution in [2.75, 3.05) is 11.5 Å². The lowest BCUT2D eigenvalue weighted by Crippen LogP contribution is -1.99. The number of halogens is 1. The molecule has 2 N–H and O–H groups in total. The van der Waals surface area contributed by atoms with Crippen molar-refractivity contribution in [2.24, 2.45) is 0 Å². The van der Waals surface area contributed by atoms with Gasteiger partial charge >= 0.3 is 0 Å². The largest absolute Gasteiger partial charge is 0.368 e. The normalized spacial score (nSPS) is 11.0. The molecule has 0 radical (unpaired) electrons. The van der Waals surface area contributed by atoms with Crippen molar-refractivity contribution in [3.63, 3.8) is 0 Å². The molecule has 0 aliphatic heterocycles. The molecule has 21 heavy (non-hydrogen) atoms. The summed E-state index contributed by atoms with van der Waals surface area (Å²) in [5.74, 6) is 0.848. The summed E-state index contributed by atoms with van der Waals surface area (Å²) in [4.78, 5) is 13.1. The Bertz CT molecular complexity index is 790. The zero-order valence-corrected chi connectivity index (χ0v) is 12.2. The van der Waals surface area contributed by atoms with Crippen LogP contribution in [0.5, 0.6) is 0 Å². The highest BCUT2D eigenvalue weighted by Crippen LogP contribution is 2.27. The molecule has 6 heteroatoms. The first-order valence-electron chi connectivity index (χ1n) is 6.50. The molecule has 0 fully saturated rings. The average molecular weight is 300 g/mol. The van der Waals surface area contributed by atoms with E-state index in [1.807, 2.05) is 19.1 Å². The van der Waals surface area contributed by atoms with Crippen molar-refractivity contribution in [3.8, 4) is 11.3 Å². The Hall–Kier alpha value is -2.21. The molecule has 0 aliphatic carbocycles. The lowest BCUT2D eigenvalue weighted by Gasteiger charge is -2.07. The minimum atomic E-state index is -0.266. The van der Waals surface area contributed by atoms with Gasteiger partial charge in [-0.15, -0.1) is 11.8 Å². The van der Waals surface area contributed by atoms with E-state index in [1.54, 1.807) is 23.9 Å². The molecule has 2 heterocycles. The fourth-order valence-electron chi connectivity index (χ4n) is 2.02. The number of pyridine rings is 1. The van der Waals surface area contributed by atoms with E-state index < -0.39 is 0 Å². The van der Waals surface area contributed by atoms with Gasteiger partial charge in [0.1, 0.15) is 16.4 Å². The van der Waals surface area contributed by atoms with Crippen LogP contribution in [0, 0.1) is 5.82 Å². The van der Waals surface area contributed by atoms with Crippen molar-refractivity contribution >= 4 is 28.7 Å². The highest BCUT2D eigenvalue weighted by Gasteiger charge is 2.10. The van der Waals surface area contributed by atoms with E-state index >= 15 is 0 Å². The van der Waals surface area contributed by atoms with Crippen LogP contribution in [-0.2, 0) is 0 Å². The fraction of sp³-hybridized carbons (Fsp3) is 0.133. The lowest BCUT2D eigenvalue weighted by molar-refractivity contribution is 0.628. The van der Waals surface area contributed by atoms with E-state index in [0.717, 1.165) is 27.6 Å². The number of rotatable bonds is 3. The monoisotopic (exact) mass is 300 g/mol. The molecule has 0 saturated heterocycles. The molecule has 3 rings (SSSR count). The standard InChI is InChI=1S/C15H13FN4S/c1-2-21-14-13-12(19-15(17)20-14)8-7-11(18-13)9-3-5-10(16)6-4-9/h3-8H,2H2,1H3,(H2,17,19,20). The summed E-state index contributed by atoms with van der Waals surface area (Å²) in [6.45, 7) is 2.04. The third-order valence-electron chi connectivity index (χ3n) is 2.95. The molecule has 0 aliphatic rings. The molecular weight excluding hydrogens is 287 g/mol. The molecule has 0 atom stereocenters. The van der Waals surface area contributed by atoms with Crippen molar-refractivity contribution in [1.82, 2.24) is 15.0 Å². The van der Waals surface area contributed by atoms with Crippen molar-refractivity contribution in [3.05, 3.63) is 42.2 Å². The molecule has 106 valence electrons. The Labute approximate surface area is 125 Å². The number of nitrogens with two attached hydrogens (primary N) is 1. The van der Waals surface area contributed by atoms with E-state index in [9.17, 15) is 4.39 Å². The van der Waals surface area contributed by atoms with Crippen molar-refractivity contribution < 1.29 is 4.39 Å². The van der Waals surface area contributed by atoms with Crippen LogP contribution in [0.1, 0.15) is 6.92 Å². The van der Waals surface area contributed by atoms with Crippen LogP contribution in [0.15, 0.2) is 41.4 Å². The van der Waals surface area contributed by atoms with E-state index in [0.29, 0.717) is 5.52 Å². The summed E-state index contributed by atoms with van der Waals surface area (Å²) in [6.07, 6.45) is 0. The highest BCUT2D eigenvalue weighted by atomic mass is 32.2.